The van der Waals surface area contributed by atoms with Crippen molar-refractivity contribution in [2.24, 2.45) is 0 Å². The van der Waals surface area contributed by atoms with Crippen LogP contribution in [0, 0.1) is 0 Å². The van der Waals surface area contributed by atoms with Gasteiger partial charge in [-0.1, -0.05) is 19.8 Å². The van der Waals surface area contributed by atoms with Crippen molar-refractivity contribution in [2.75, 3.05) is 13.2 Å². The molecule has 0 amide bonds. The number of ketones is 1. The van der Waals surface area contributed by atoms with E-state index in [0.29, 0.717) is 6.61 Å². The van der Waals surface area contributed by atoms with E-state index in [0.717, 1.165) is 38.6 Å². The minimum atomic E-state index is -0.246. The van der Waals surface area contributed by atoms with Gasteiger partial charge in [-0.2, -0.15) is 0 Å². The molecule has 1 fully saturated rings. The Hall–Kier alpha value is -0.900. The highest BCUT2D eigenvalue weighted by Gasteiger charge is 2.35. The lowest BCUT2D eigenvalue weighted by molar-refractivity contribution is -0.152. The van der Waals surface area contributed by atoms with Crippen molar-refractivity contribution in [1.29, 1.82) is 0 Å². The minimum absolute atomic E-state index is 0.0975. The van der Waals surface area contributed by atoms with Gasteiger partial charge in [-0.05, 0) is 39.7 Å². The third-order valence-electron chi connectivity index (χ3n) is 3.53. The molecule has 1 aliphatic heterocycles. The van der Waals surface area contributed by atoms with Crippen molar-refractivity contribution in [2.45, 2.75) is 65.0 Å². The van der Waals surface area contributed by atoms with Crippen LogP contribution < -0.4 is 0 Å². The van der Waals surface area contributed by atoms with E-state index in [1.165, 1.54) is 0 Å². The van der Waals surface area contributed by atoms with Gasteiger partial charge in [-0.15, -0.1) is 0 Å². The summed E-state index contributed by atoms with van der Waals surface area (Å²) in [5.41, 5.74) is 0. The Bertz CT molecular complexity index is 291. The predicted molar refractivity (Wildman–Crippen MR) is 70.4 cm³/mol. The lowest BCUT2D eigenvalue weighted by Crippen LogP contribution is -2.52. The molecular formula is C14H25NO3. The number of hydrogen-bond donors (Lipinski definition) is 0. The first-order chi connectivity index (χ1) is 8.61. The quantitative estimate of drug-likeness (QED) is 0.682. The summed E-state index contributed by atoms with van der Waals surface area (Å²) in [5.74, 6) is -0.00685. The highest BCUT2D eigenvalue weighted by atomic mass is 16.5. The molecule has 1 aliphatic rings. The highest BCUT2D eigenvalue weighted by molar-refractivity contribution is 5.83. The minimum Gasteiger partial charge on any atom is -0.465 e. The van der Waals surface area contributed by atoms with E-state index in [1.807, 2.05) is 6.92 Å². The van der Waals surface area contributed by atoms with Gasteiger partial charge in [0, 0.05) is 0 Å². The molecule has 1 heterocycles. The van der Waals surface area contributed by atoms with Gasteiger partial charge in [0.05, 0.1) is 12.6 Å². The van der Waals surface area contributed by atoms with E-state index in [-0.39, 0.29) is 23.8 Å². The van der Waals surface area contributed by atoms with Gasteiger partial charge in [0.2, 0.25) is 0 Å². The summed E-state index contributed by atoms with van der Waals surface area (Å²) >= 11 is 0. The zero-order valence-corrected chi connectivity index (χ0v) is 11.8. The molecule has 0 bridgehead atoms. The van der Waals surface area contributed by atoms with E-state index >= 15 is 0 Å². The SMILES string of the molecule is CCCC(C(=O)OCC)N1CCCCC1C(C)=O. The normalized spacial score (nSPS) is 22.5. The van der Waals surface area contributed by atoms with Crippen LogP contribution in [0.25, 0.3) is 0 Å². The van der Waals surface area contributed by atoms with Gasteiger partial charge in [0.1, 0.15) is 11.8 Å². The van der Waals surface area contributed by atoms with Gasteiger partial charge < -0.3 is 4.74 Å². The molecule has 0 saturated carbocycles. The van der Waals surface area contributed by atoms with Crippen LogP contribution in [0.4, 0.5) is 0 Å². The summed E-state index contributed by atoms with van der Waals surface area (Å²) in [6.45, 7) is 6.72. The fourth-order valence-electron chi connectivity index (χ4n) is 2.69. The number of carbonyl (C=O) groups is 2. The topological polar surface area (TPSA) is 46.6 Å². The Labute approximate surface area is 110 Å². The molecule has 2 unspecified atom stereocenters. The van der Waals surface area contributed by atoms with E-state index in [1.54, 1.807) is 6.92 Å². The van der Waals surface area contributed by atoms with Crippen LogP contribution in [-0.4, -0.2) is 41.9 Å². The molecule has 4 nitrogen and oxygen atoms in total. The Morgan fingerprint density at radius 3 is 2.61 bits per heavy atom. The first-order valence-corrected chi connectivity index (χ1v) is 7.04. The molecule has 18 heavy (non-hydrogen) atoms. The summed E-state index contributed by atoms with van der Waals surface area (Å²) in [5, 5.41) is 0. The zero-order chi connectivity index (χ0) is 13.5. The largest absolute Gasteiger partial charge is 0.465 e. The standard InChI is InChI=1S/C14H25NO3/c1-4-8-13(14(17)18-5-2)15-10-7-6-9-12(15)11(3)16/h12-13H,4-10H2,1-3H3. The molecule has 2 atom stereocenters. The third-order valence-corrected chi connectivity index (χ3v) is 3.53. The molecule has 104 valence electrons. The van der Waals surface area contributed by atoms with Crippen molar-refractivity contribution in [1.82, 2.24) is 4.90 Å². The van der Waals surface area contributed by atoms with Crippen molar-refractivity contribution in [3.05, 3.63) is 0 Å². The number of esters is 1. The number of likely N-dealkylation sites (tertiary alicyclic amines) is 1. The number of ether oxygens (including phenoxy) is 1. The first kappa shape index (κ1) is 15.2. The van der Waals surface area contributed by atoms with Crippen LogP contribution in [0.1, 0.15) is 52.9 Å². The molecular weight excluding hydrogens is 230 g/mol. The maximum absolute atomic E-state index is 12.0. The van der Waals surface area contributed by atoms with Crippen molar-refractivity contribution >= 4 is 11.8 Å². The van der Waals surface area contributed by atoms with Crippen LogP contribution in [0.3, 0.4) is 0 Å². The Morgan fingerprint density at radius 1 is 1.33 bits per heavy atom. The maximum Gasteiger partial charge on any atom is 0.323 e. The van der Waals surface area contributed by atoms with Crippen molar-refractivity contribution in [3.63, 3.8) is 0 Å². The molecule has 1 rings (SSSR count). The van der Waals surface area contributed by atoms with Crippen LogP contribution in [0.15, 0.2) is 0 Å². The molecule has 0 aromatic rings. The van der Waals surface area contributed by atoms with Gasteiger partial charge in [0.25, 0.3) is 0 Å². The van der Waals surface area contributed by atoms with E-state index in [2.05, 4.69) is 11.8 Å². The molecule has 1 saturated heterocycles. The molecule has 0 aromatic carbocycles. The van der Waals surface area contributed by atoms with E-state index < -0.39 is 0 Å². The fourth-order valence-corrected chi connectivity index (χ4v) is 2.69. The summed E-state index contributed by atoms with van der Waals surface area (Å²) in [4.78, 5) is 25.8. The number of rotatable bonds is 6. The number of Topliss-reactive ketones (excluding diaryl/α,β-unsaturated/α-hetero) is 1. The van der Waals surface area contributed by atoms with Crippen LogP contribution >= 0.6 is 0 Å². The molecule has 0 N–H and O–H groups in total. The molecule has 0 spiro atoms. The second-order valence-electron chi connectivity index (χ2n) is 4.92. The molecule has 0 aliphatic carbocycles. The molecule has 0 aromatic heterocycles. The van der Waals surface area contributed by atoms with Crippen LogP contribution in [0.5, 0.6) is 0 Å². The fraction of sp³-hybridized carbons (Fsp3) is 0.857. The second-order valence-corrected chi connectivity index (χ2v) is 4.92. The predicted octanol–water partition coefficient (Wildman–Crippen LogP) is 2.16. The summed E-state index contributed by atoms with van der Waals surface area (Å²) in [6, 6.07) is -0.344. The third kappa shape index (κ3) is 3.80. The van der Waals surface area contributed by atoms with Gasteiger partial charge in [0.15, 0.2) is 0 Å². The van der Waals surface area contributed by atoms with Crippen LogP contribution in [-0.2, 0) is 14.3 Å². The van der Waals surface area contributed by atoms with Gasteiger partial charge >= 0.3 is 5.97 Å². The Morgan fingerprint density at radius 2 is 2.06 bits per heavy atom. The highest BCUT2D eigenvalue weighted by Crippen LogP contribution is 2.23. The number of carbonyl (C=O) groups excluding carboxylic acids is 2. The summed E-state index contributed by atoms with van der Waals surface area (Å²) in [7, 11) is 0. The number of piperidine rings is 1. The lowest BCUT2D eigenvalue weighted by Gasteiger charge is -2.38. The van der Waals surface area contributed by atoms with E-state index in [9.17, 15) is 9.59 Å². The average molecular weight is 255 g/mol. The zero-order valence-electron chi connectivity index (χ0n) is 11.8. The monoisotopic (exact) mass is 255 g/mol. The van der Waals surface area contributed by atoms with Crippen molar-refractivity contribution in [3.8, 4) is 0 Å². The Kier molecular flexibility index (Phi) is 6.33. The number of nitrogens with zero attached hydrogens (tertiary/aromatic N) is 1. The van der Waals surface area contributed by atoms with E-state index in [4.69, 9.17) is 4.74 Å². The van der Waals surface area contributed by atoms with Crippen molar-refractivity contribution < 1.29 is 14.3 Å². The Balaban J connectivity index is 2.80. The first-order valence-electron chi connectivity index (χ1n) is 7.04. The van der Waals surface area contributed by atoms with Gasteiger partial charge in [-0.25, -0.2) is 0 Å². The molecule has 4 heteroatoms. The van der Waals surface area contributed by atoms with Crippen LogP contribution in [0.2, 0.25) is 0 Å². The smallest absolute Gasteiger partial charge is 0.323 e. The summed E-state index contributed by atoms with van der Waals surface area (Å²) in [6.07, 6.45) is 4.69. The van der Waals surface area contributed by atoms with Gasteiger partial charge in [-0.3, -0.25) is 14.5 Å². The lowest BCUT2D eigenvalue weighted by atomic mass is 9.95. The number of hydrogen-bond acceptors (Lipinski definition) is 4. The molecule has 0 radical (unpaired) electrons. The summed E-state index contributed by atoms with van der Waals surface area (Å²) < 4.78 is 5.15. The average Bonchev–Trinajstić information content (AvgIpc) is 2.36. The second kappa shape index (κ2) is 7.52. The maximum atomic E-state index is 12.0.